The van der Waals surface area contributed by atoms with Crippen LogP contribution in [0, 0.1) is 6.92 Å². The number of anilines is 1. The summed E-state index contributed by atoms with van der Waals surface area (Å²) < 4.78 is 16.6. The second kappa shape index (κ2) is 8.22. The van der Waals surface area contributed by atoms with Crippen LogP contribution in [0.2, 0.25) is 0 Å². The van der Waals surface area contributed by atoms with Crippen molar-refractivity contribution in [3.05, 3.63) is 76.7 Å². The van der Waals surface area contributed by atoms with Gasteiger partial charge in [-0.1, -0.05) is 18.2 Å². The summed E-state index contributed by atoms with van der Waals surface area (Å²) in [5, 5.41) is 7.20. The number of fused-ring (bicyclic) bond motifs is 2. The van der Waals surface area contributed by atoms with Gasteiger partial charge in [-0.2, -0.15) is 5.10 Å². The van der Waals surface area contributed by atoms with Crippen LogP contribution >= 0.6 is 0 Å². The van der Waals surface area contributed by atoms with Gasteiger partial charge in [-0.05, 0) is 44.0 Å². The maximum absolute atomic E-state index is 12.9. The minimum atomic E-state index is -0.358. The number of benzene rings is 2. The Morgan fingerprint density at radius 2 is 1.78 bits per heavy atom. The Bertz CT molecular complexity index is 1230. The number of hydrogen-bond donors (Lipinski definition) is 2. The molecule has 5 rings (SSSR count). The quantitative estimate of drug-likeness (QED) is 0.607. The molecule has 0 spiro atoms. The SMILES string of the molecule is Cc1c(C(=O)Nc2ccc3c(c2)OCO3)oc2c1/C(=N/NC(=O)c1ccccc1)CCC2. The third kappa shape index (κ3) is 3.71. The maximum Gasteiger partial charge on any atom is 0.291 e. The van der Waals surface area contributed by atoms with Gasteiger partial charge >= 0.3 is 0 Å². The normalized spacial score (nSPS) is 15.3. The van der Waals surface area contributed by atoms with Crippen molar-refractivity contribution in [2.24, 2.45) is 5.10 Å². The summed E-state index contributed by atoms with van der Waals surface area (Å²) in [5.41, 5.74) is 5.93. The zero-order chi connectivity index (χ0) is 22.1. The van der Waals surface area contributed by atoms with Crippen LogP contribution in [0.5, 0.6) is 11.5 Å². The average Bonchev–Trinajstić information content (AvgIpc) is 3.42. The van der Waals surface area contributed by atoms with Gasteiger partial charge in [0.25, 0.3) is 11.8 Å². The number of nitrogens with one attached hydrogen (secondary N) is 2. The number of furan rings is 1. The Morgan fingerprint density at radius 1 is 0.969 bits per heavy atom. The van der Waals surface area contributed by atoms with Crippen molar-refractivity contribution in [3.63, 3.8) is 0 Å². The van der Waals surface area contributed by atoms with Gasteiger partial charge in [0.1, 0.15) is 5.76 Å². The highest BCUT2D eigenvalue weighted by Gasteiger charge is 2.28. The molecule has 1 aliphatic carbocycles. The highest BCUT2D eigenvalue weighted by molar-refractivity contribution is 6.09. The largest absolute Gasteiger partial charge is 0.455 e. The van der Waals surface area contributed by atoms with Crippen molar-refractivity contribution in [3.8, 4) is 11.5 Å². The van der Waals surface area contributed by atoms with Gasteiger partial charge in [-0.25, -0.2) is 5.43 Å². The van der Waals surface area contributed by atoms with Crippen LogP contribution in [-0.4, -0.2) is 24.3 Å². The van der Waals surface area contributed by atoms with Gasteiger partial charge in [0.05, 0.1) is 5.71 Å². The molecule has 8 nitrogen and oxygen atoms in total. The monoisotopic (exact) mass is 431 g/mol. The molecule has 0 saturated carbocycles. The lowest BCUT2D eigenvalue weighted by Gasteiger charge is -2.13. The van der Waals surface area contributed by atoms with E-state index in [-0.39, 0.29) is 24.4 Å². The zero-order valence-corrected chi connectivity index (χ0v) is 17.4. The van der Waals surface area contributed by atoms with Crippen LogP contribution < -0.4 is 20.2 Å². The predicted octanol–water partition coefficient (Wildman–Crippen LogP) is 4.04. The number of amides is 2. The van der Waals surface area contributed by atoms with Crippen molar-refractivity contribution < 1.29 is 23.5 Å². The number of aryl methyl sites for hydroxylation is 1. The molecule has 2 amide bonds. The molecule has 2 aliphatic rings. The lowest BCUT2D eigenvalue weighted by molar-refractivity contribution is 0.0953. The standard InChI is InChI=1S/C24H21N3O5/c1-14-21-17(26-27-23(28)15-6-3-2-4-7-15)8-5-9-19(21)32-22(14)24(29)25-16-10-11-18-20(12-16)31-13-30-18/h2-4,6-7,10-12H,5,8-9,13H2,1H3,(H,25,29)(H,27,28)/b26-17+. The Labute approximate surface area is 184 Å². The van der Waals surface area contributed by atoms with Crippen molar-refractivity contribution in [1.82, 2.24) is 5.43 Å². The fourth-order valence-corrected chi connectivity index (χ4v) is 3.93. The van der Waals surface area contributed by atoms with Gasteiger partial charge in [-0.15, -0.1) is 0 Å². The fraction of sp³-hybridized carbons (Fsp3) is 0.208. The highest BCUT2D eigenvalue weighted by atomic mass is 16.7. The molecule has 8 heteroatoms. The van der Waals surface area contributed by atoms with E-state index in [9.17, 15) is 9.59 Å². The summed E-state index contributed by atoms with van der Waals surface area (Å²) in [5.74, 6) is 1.53. The molecule has 2 aromatic carbocycles. The van der Waals surface area contributed by atoms with Crippen LogP contribution in [0.25, 0.3) is 0 Å². The molecule has 0 fully saturated rings. The molecule has 1 aromatic heterocycles. The Hall–Kier alpha value is -4.07. The number of hydrogen-bond acceptors (Lipinski definition) is 6. The number of hydrazone groups is 1. The molecule has 32 heavy (non-hydrogen) atoms. The molecule has 2 heterocycles. The van der Waals surface area contributed by atoms with Crippen LogP contribution in [-0.2, 0) is 6.42 Å². The van der Waals surface area contributed by atoms with Crippen LogP contribution in [0.4, 0.5) is 5.69 Å². The maximum atomic E-state index is 12.9. The summed E-state index contributed by atoms with van der Waals surface area (Å²) in [6, 6.07) is 14.1. The number of ether oxygens (including phenoxy) is 2. The van der Waals surface area contributed by atoms with E-state index in [0.717, 1.165) is 12.0 Å². The lowest BCUT2D eigenvalue weighted by atomic mass is 9.93. The molecule has 0 radical (unpaired) electrons. The van der Waals surface area contributed by atoms with E-state index in [2.05, 4.69) is 15.8 Å². The average molecular weight is 431 g/mol. The van der Waals surface area contributed by atoms with Crippen molar-refractivity contribution in [2.75, 3.05) is 12.1 Å². The molecule has 1 aliphatic heterocycles. The minimum absolute atomic E-state index is 0.166. The smallest absolute Gasteiger partial charge is 0.291 e. The Kier molecular flexibility index (Phi) is 5.10. The van der Waals surface area contributed by atoms with E-state index in [1.54, 1.807) is 42.5 Å². The van der Waals surface area contributed by atoms with Crippen molar-refractivity contribution in [2.45, 2.75) is 26.2 Å². The van der Waals surface area contributed by atoms with E-state index in [0.29, 0.717) is 52.6 Å². The van der Waals surface area contributed by atoms with Crippen LogP contribution in [0.15, 0.2) is 58.0 Å². The summed E-state index contributed by atoms with van der Waals surface area (Å²) in [6.45, 7) is 2.00. The van der Waals surface area contributed by atoms with Crippen LogP contribution in [0.3, 0.4) is 0 Å². The molecule has 162 valence electrons. The molecular formula is C24H21N3O5. The Morgan fingerprint density at radius 3 is 2.62 bits per heavy atom. The van der Waals surface area contributed by atoms with Crippen molar-refractivity contribution >= 4 is 23.2 Å². The first-order chi connectivity index (χ1) is 15.6. The van der Waals surface area contributed by atoms with Gasteiger partial charge < -0.3 is 19.2 Å². The fourth-order valence-electron chi connectivity index (χ4n) is 3.93. The topological polar surface area (TPSA) is 102 Å². The van der Waals surface area contributed by atoms with E-state index in [1.165, 1.54) is 0 Å². The summed E-state index contributed by atoms with van der Waals surface area (Å²) >= 11 is 0. The third-order valence-electron chi connectivity index (χ3n) is 5.49. The number of carbonyl (C=O) groups is 2. The molecular weight excluding hydrogens is 410 g/mol. The molecule has 0 bridgehead atoms. The molecule has 0 unspecified atom stereocenters. The van der Waals surface area contributed by atoms with Crippen molar-refractivity contribution in [1.29, 1.82) is 0 Å². The second-order valence-electron chi connectivity index (χ2n) is 7.60. The van der Waals surface area contributed by atoms with E-state index >= 15 is 0 Å². The highest BCUT2D eigenvalue weighted by Crippen LogP contribution is 2.35. The minimum Gasteiger partial charge on any atom is -0.455 e. The molecule has 0 saturated heterocycles. The van der Waals surface area contributed by atoms with Crippen LogP contribution in [0.1, 0.15) is 50.6 Å². The van der Waals surface area contributed by atoms with E-state index in [1.807, 2.05) is 13.0 Å². The predicted molar refractivity (Wildman–Crippen MR) is 117 cm³/mol. The number of nitrogens with zero attached hydrogens (tertiary/aromatic N) is 1. The summed E-state index contributed by atoms with van der Waals surface area (Å²) in [6.07, 6.45) is 2.22. The summed E-state index contributed by atoms with van der Waals surface area (Å²) in [7, 11) is 0. The second-order valence-corrected chi connectivity index (χ2v) is 7.60. The van der Waals surface area contributed by atoms with Gasteiger partial charge in [0.15, 0.2) is 17.3 Å². The van der Waals surface area contributed by atoms with Gasteiger partial charge in [0, 0.05) is 34.9 Å². The summed E-state index contributed by atoms with van der Waals surface area (Å²) in [4.78, 5) is 25.3. The van der Waals surface area contributed by atoms with E-state index in [4.69, 9.17) is 13.9 Å². The number of carbonyl (C=O) groups excluding carboxylic acids is 2. The first-order valence-electron chi connectivity index (χ1n) is 10.4. The Balaban J connectivity index is 1.37. The molecule has 0 atom stereocenters. The molecule has 3 aromatic rings. The molecule has 2 N–H and O–H groups in total. The lowest BCUT2D eigenvalue weighted by Crippen LogP contribution is -2.22. The first kappa shape index (κ1) is 19.9. The first-order valence-corrected chi connectivity index (χ1v) is 10.4. The van der Waals surface area contributed by atoms with E-state index < -0.39 is 0 Å². The number of rotatable bonds is 4. The third-order valence-corrected chi connectivity index (χ3v) is 5.49. The van der Waals surface area contributed by atoms with Gasteiger partial charge in [-0.3, -0.25) is 9.59 Å². The zero-order valence-electron chi connectivity index (χ0n) is 17.4. The van der Waals surface area contributed by atoms with Gasteiger partial charge in [0.2, 0.25) is 6.79 Å².